The zero-order chi connectivity index (χ0) is 23.6. The lowest BCUT2D eigenvalue weighted by Crippen LogP contribution is -2.47. The molecular weight excluding hydrogens is 445 g/mol. The summed E-state index contributed by atoms with van der Waals surface area (Å²) in [7, 11) is 1.63. The normalized spacial score (nSPS) is 13.8. The Labute approximate surface area is 188 Å². The Balaban J connectivity index is 1.96. The van der Waals surface area contributed by atoms with Gasteiger partial charge < -0.3 is 25.2 Å². The largest absolute Gasteiger partial charge is 0.471 e. The molecule has 172 valence electrons. The van der Waals surface area contributed by atoms with Crippen LogP contribution in [0.2, 0.25) is 0 Å². The molecular formula is C20H23F3N6O2S. The summed E-state index contributed by atoms with van der Waals surface area (Å²) in [6, 6.07) is 3.32. The van der Waals surface area contributed by atoms with Gasteiger partial charge in [0, 0.05) is 24.5 Å². The summed E-state index contributed by atoms with van der Waals surface area (Å²) >= 11 is 4.97. The molecule has 2 aromatic rings. The summed E-state index contributed by atoms with van der Waals surface area (Å²) in [6.07, 6.45) is -3.11. The van der Waals surface area contributed by atoms with Crippen molar-refractivity contribution < 1.29 is 22.7 Å². The van der Waals surface area contributed by atoms with Gasteiger partial charge >= 0.3 is 6.18 Å². The fourth-order valence-electron chi connectivity index (χ4n) is 3.11. The highest BCUT2D eigenvalue weighted by Crippen LogP contribution is 2.36. The number of hydrogen-bond acceptors (Lipinski definition) is 7. The summed E-state index contributed by atoms with van der Waals surface area (Å²) in [6.45, 7) is 5.98. The van der Waals surface area contributed by atoms with Crippen molar-refractivity contribution in [2.24, 2.45) is 0 Å². The van der Waals surface area contributed by atoms with Gasteiger partial charge in [-0.15, -0.1) is 0 Å². The molecule has 2 N–H and O–H groups in total. The minimum Gasteiger partial charge on any atom is -0.471 e. The average molecular weight is 469 g/mol. The number of ether oxygens (including phenoxy) is 1. The fourth-order valence-corrected chi connectivity index (χ4v) is 3.35. The lowest BCUT2D eigenvalue weighted by molar-refractivity contribution is -0.137. The van der Waals surface area contributed by atoms with E-state index < -0.39 is 11.7 Å². The number of aromatic nitrogens is 2. The molecule has 12 heteroatoms. The Morgan fingerprint density at radius 2 is 1.97 bits per heavy atom. The molecule has 1 aliphatic rings. The molecule has 8 nitrogen and oxygen atoms in total. The van der Waals surface area contributed by atoms with Crippen molar-refractivity contribution in [2.75, 3.05) is 40.6 Å². The monoisotopic (exact) mass is 468 g/mol. The standard InChI is InChI=1S/C20H23F3N6O2S/c1-5-31-19(32)26-14-7-12(20(21,22)23)6-13(8-14)25-18-24-9-15-17(27-18)29(11(2)3)10-16(30)28(15)4/h6-9,11H,5,10H2,1-4H3,(H,26,32)(H,24,25,27). The highest BCUT2D eigenvalue weighted by atomic mass is 32.1. The van der Waals surface area contributed by atoms with Gasteiger partial charge in [0.1, 0.15) is 5.69 Å². The molecule has 0 unspecified atom stereocenters. The quantitative estimate of drug-likeness (QED) is 0.633. The lowest BCUT2D eigenvalue weighted by atomic mass is 10.1. The smallest absolute Gasteiger partial charge is 0.416 e. The lowest BCUT2D eigenvalue weighted by Gasteiger charge is -2.36. The number of hydrogen-bond donors (Lipinski definition) is 2. The minimum atomic E-state index is -4.57. The second-order valence-electron chi connectivity index (χ2n) is 7.34. The van der Waals surface area contributed by atoms with Crippen LogP contribution >= 0.6 is 12.2 Å². The summed E-state index contributed by atoms with van der Waals surface area (Å²) in [5.41, 5.74) is -0.142. The van der Waals surface area contributed by atoms with E-state index in [4.69, 9.17) is 17.0 Å². The maximum absolute atomic E-state index is 13.4. The van der Waals surface area contributed by atoms with Crippen LogP contribution in [0, 0.1) is 0 Å². The van der Waals surface area contributed by atoms with Gasteiger partial charge in [-0.2, -0.15) is 18.2 Å². The third kappa shape index (κ3) is 5.18. The van der Waals surface area contributed by atoms with Crippen LogP contribution in [0.25, 0.3) is 0 Å². The molecule has 1 aromatic carbocycles. The van der Waals surface area contributed by atoms with Crippen molar-refractivity contribution in [3.63, 3.8) is 0 Å². The van der Waals surface area contributed by atoms with Gasteiger partial charge in [0.25, 0.3) is 5.17 Å². The third-order valence-corrected chi connectivity index (χ3v) is 4.94. The van der Waals surface area contributed by atoms with E-state index in [-0.39, 0.29) is 47.6 Å². The van der Waals surface area contributed by atoms with Crippen molar-refractivity contribution in [3.05, 3.63) is 30.0 Å². The number of nitrogens with one attached hydrogen (secondary N) is 2. The molecule has 0 saturated heterocycles. The van der Waals surface area contributed by atoms with Crippen molar-refractivity contribution >= 4 is 52.1 Å². The van der Waals surface area contributed by atoms with E-state index >= 15 is 0 Å². The molecule has 0 radical (unpaired) electrons. The van der Waals surface area contributed by atoms with Gasteiger partial charge in [0.05, 0.1) is 24.9 Å². The van der Waals surface area contributed by atoms with Gasteiger partial charge in [-0.25, -0.2) is 4.98 Å². The van der Waals surface area contributed by atoms with Gasteiger partial charge in [0.2, 0.25) is 11.9 Å². The number of benzene rings is 1. The van der Waals surface area contributed by atoms with Crippen LogP contribution in [0.3, 0.4) is 0 Å². The van der Waals surface area contributed by atoms with E-state index in [1.54, 1.807) is 14.0 Å². The summed E-state index contributed by atoms with van der Waals surface area (Å²) in [5, 5.41) is 5.42. The van der Waals surface area contributed by atoms with E-state index in [2.05, 4.69) is 20.6 Å². The Kier molecular flexibility index (Phi) is 6.72. The molecule has 0 atom stereocenters. The van der Waals surface area contributed by atoms with Crippen LogP contribution in [0.4, 0.5) is 42.0 Å². The minimum absolute atomic E-state index is 0.0157. The van der Waals surface area contributed by atoms with Crippen molar-refractivity contribution in [1.29, 1.82) is 0 Å². The number of fused-ring (bicyclic) bond motifs is 1. The number of halogens is 3. The number of carbonyl (C=O) groups is 1. The maximum Gasteiger partial charge on any atom is 0.416 e. The highest BCUT2D eigenvalue weighted by Gasteiger charge is 2.32. The topological polar surface area (TPSA) is 82.6 Å². The number of alkyl halides is 3. The Hall–Kier alpha value is -3.15. The molecule has 0 spiro atoms. The first-order valence-electron chi connectivity index (χ1n) is 9.83. The zero-order valence-corrected chi connectivity index (χ0v) is 18.8. The molecule has 3 rings (SSSR count). The maximum atomic E-state index is 13.4. The molecule has 1 aromatic heterocycles. The first kappa shape index (κ1) is 23.5. The Bertz CT molecular complexity index is 1030. The summed E-state index contributed by atoms with van der Waals surface area (Å²) < 4.78 is 45.4. The number of carbonyl (C=O) groups excluding carboxylic acids is 1. The van der Waals surface area contributed by atoms with E-state index in [0.717, 1.165) is 12.1 Å². The predicted octanol–water partition coefficient (Wildman–Crippen LogP) is 4.16. The first-order chi connectivity index (χ1) is 15.0. The van der Waals surface area contributed by atoms with Crippen LogP contribution in [0.5, 0.6) is 0 Å². The first-order valence-corrected chi connectivity index (χ1v) is 10.2. The number of thiocarbonyl (C=S) groups is 1. The van der Waals surface area contributed by atoms with Crippen LogP contribution < -0.4 is 20.4 Å². The molecule has 2 heterocycles. The number of likely N-dealkylation sites (N-methyl/N-ethyl adjacent to an activating group) is 1. The fraction of sp³-hybridized carbons (Fsp3) is 0.400. The summed E-state index contributed by atoms with van der Waals surface area (Å²) in [4.78, 5) is 24.1. The molecule has 0 fully saturated rings. The van der Waals surface area contributed by atoms with E-state index in [1.165, 1.54) is 17.2 Å². The molecule has 0 aliphatic carbocycles. The average Bonchev–Trinajstić information content (AvgIpc) is 2.69. The third-order valence-electron chi connectivity index (χ3n) is 4.72. The van der Waals surface area contributed by atoms with Crippen LogP contribution in [-0.4, -0.2) is 47.3 Å². The van der Waals surface area contributed by atoms with Crippen LogP contribution in [0.1, 0.15) is 26.3 Å². The Morgan fingerprint density at radius 1 is 1.28 bits per heavy atom. The van der Waals surface area contributed by atoms with Gasteiger partial charge in [-0.05, 0) is 51.2 Å². The van der Waals surface area contributed by atoms with Crippen LogP contribution in [-0.2, 0) is 15.7 Å². The van der Waals surface area contributed by atoms with Gasteiger partial charge in [-0.3, -0.25) is 4.79 Å². The van der Waals surface area contributed by atoms with Crippen molar-refractivity contribution in [2.45, 2.75) is 33.0 Å². The second-order valence-corrected chi connectivity index (χ2v) is 7.71. The predicted molar refractivity (Wildman–Crippen MR) is 120 cm³/mol. The number of amides is 1. The van der Waals surface area contributed by atoms with Crippen molar-refractivity contribution in [3.8, 4) is 0 Å². The van der Waals surface area contributed by atoms with Crippen molar-refractivity contribution in [1.82, 2.24) is 9.97 Å². The Morgan fingerprint density at radius 3 is 2.59 bits per heavy atom. The van der Waals surface area contributed by atoms with E-state index in [1.807, 2.05) is 18.7 Å². The van der Waals surface area contributed by atoms with Gasteiger partial charge in [0.15, 0.2) is 5.82 Å². The van der Waals surface area contributed by atoms with Crippen LogP contribution in [0.15, 0.2) is 24.4 Å². The number of nitrogens with zero attached hydrogens (tertiary/aromatic N) is 4. The zero-order valence-electron chi connectivity index (χ0n) is 17.9. The summed E-state index contributed by atoms with van der Waals surface area (Å²) in [5.74, 6) is 0.506. The molecule has 0 bridgehead atoms. The van der Waals surface area contributed by atoms with E-state index in [0.29, 0.717) is 11.5 Å². The number of anilines is 5. The molecule has 32 heavy (non-hydrogen) atoms. The number of rotatable bonds is 5. The molecule has 1 aliphatic heterocycles. The van der Waals surface area contributed by atoms with E-state index in [9.17, 15) is 18.0 Å². The SMILES string of the molecule is CCOC(=S)Nc1cc(Nc2ncc3c(n2)N(C(C)C)CC(=O)N3C)cc(C(F)(F)F)c1. The van der Waals surface area contributed by atoms with Gasteiger partial charge in [-0.1, -0.05) is 0 Å². The molecule has 0 saturated carbocycles. The highest BCUT2D eigenvalue weighted by molar-refractivity contribution is 7.80. The second kappa shape index (κ2) is 9.15. The molecule has 1 amide bonds.